The summed E-state index contributed by atoms with van der Waals surface area (Å²) in [5.41, 5.74) is 5.26. The van der Waals surface area contributed by atoms with Gasteiger partial charge in [0.05, 0.1) is 23.0 Å². The van der Waals surface area contributed by atoms with Gasteiger partial charge in [-0.2, -0.15) is 5.10 Å². The lowest BCUT2D eigenvalue weighted by molar-refractivity contribution is 0.0929. The molecule has 4 rings (SSSR count). The van der Waals surface area contributed by atoms with Gasteiger partial charge < -0.3 is 14.1 Å². The first-order valence-electron chi connectivity index (χ1n) is 8.75. The van der Waals surface area contributed by atoms with E-state index in [1.165, 1.54) is 0 Å². The minimum Gasteiger partial charge on any atom is -0.450 e. The molecule has 1 amide bonds. The minimum absolute atomic E-state index is 0.227. The molecule has 0 unspecified atom stereocenters. The maximum absolute atomic E-state index is 12.4. The number of anilines is 1. The molecule has 0 aliphatic carbocycles. The third kappa shape index (κ3) is 4.23. The molecule has 8 heteroatoms. The van der Waals surface area contributed by atoms with Crippen molar-refractivity contribution in [1.82, 2.24) is 5.43 Å². The molecule has 144 valence electrons. The van der Waals surface area contributed by atoms with Crippen LogP contribution < -0.4 is 10.3 Å². The molecule has 3 aromatic rings. The summed E-state index contributed by atoms with van der Waals surface area (Å²) >= 11 is 5.64. The molecular weight excluding hydrogens is 537 g/mol. The van der Waals surface area contributed by atoms with Crippen LogP contribution in [0, 0.1) is 3.57 Å². The van der Waals surface area contributed by atoms with Crippen LogP contribution in [-0.4, -0.2) is 38.4 Å². The average Bonchev–Trinajstić information content (AvgIpc) is 3.13. The number of amides is 1. The van der Waals surface area contributed by atoms with E-state index in [1.54, 1.807) is 12.3 Å². The lowest BCUT2D eigenvalue weighted by atomic mass is 10.1. The molecule has 2 aromatic carbocycles. The molecule has 1 fully saturated rings. The van der Waals surface area contributed by atoms with Crippen molar-refractivity contribution in [2.24, 2.45) is 5.10 Å². The largest absolute Gasteiger partial charge is 0.450 e. The fourth-order valence-electron chi connectivity index (χ4n) is 3.09. The Morgan fingerprint density at radius 1 is 1.21 bits per heavy atom. The minimum atomic E-state index is -0.386. The van der Waals surface area contributed by atoms with Crippen molar-refractivity contribution >= 4 is 67.3 Å². The summed E-state index contributed by atoms with van der Waals surface area (Å²) in [5, 5.41) is 5.00. The zero-order chi connectivity index (χ0) is 19.5. The predicted molar refractivity (Wildman–Crippen MR) is 121 cm³/mol. The maximum Gasteiger partial charge on any atom is 0.307 e. The Morgan fingerprint density at radius 2 is 2.00 bits per heavy atom. The number of rotatable bonds is 4. The second kappa shape index (κ2) is 8.62. The summed E-state index contributed by atoms with van der Waals surface area (Å²) in [7, 11) is 0. The van der Waals surface area contributed by atoms with Crippen molar-refractivity contribution in [3.63, 3.8) is 0 Å². The SMILES string of the molecule is O=C(N/N=C/c1ccccc1N1CCOCC1)c1cc2cc(Br)cc(I)c2o1. The van der Waals surface area contributed by atoms with Crippen LogP contribution in [0.3, 0.4) is 0 Å². The van der Waals surface area contributed by atoms with E-state index in [2.05, 4.69) is 53.9 Å². The van der Waals surface area contributed by atoms with Crippen LogP contribution in [0.2, 0.25) is 0 Å². The van der Waals surface area contributed by atoms with E-state index in [-0.39, 0.29) is 11.7 Å². The van der Waals surface area contributed by atoms with Crippen molar-refractivity contribution in [2.75, 3.05) is 31.2 Å². The van der Waals surface area contributed by atoms with Gasteiger partial charge in [-0.25, -0.2) is 5.43 Å². The van der Waals surface area contributed by atoms with Crippen LogP contribution in [-0.2, 0) is 4.74 Å². The number of halogens is 2. The van der Waals surface area contributed by atoms with E-state index in [0.29, 0.717) is 18.8 Å². The van der Waals surface area contributed by atoms with Gasteiger partial charge in [0.2, 0.25) is 0 Å². The maximum atomic E-state index is 12.4. The highest BCUT2D eigenvalue weighted by molar-refractivity contribution is 14.1. The molecule has 0 bridgehead atoms. The molecular formula is C20H17BrIN3O3. The van der Waals surface area contributed by atoms with E-state index < -0.39 is 0 Å². The highest BCUT2D eigenvalue weighted by Crippen LogP contribution is 2.28. The number of para-hydroxylation sites is 1. The molecule has 1 aliphatic rings. The van der Waals surface area contributed by atoms with Crippen molar-refractivity contribution in [2.45, 2.75) is 0 Å². The number of carbonyl (C=O) groups is 1. The quantitative estimate of drug-likeness (QED) is 0.295. The third-order valence-corrected chi connectivity index (χ3v) is 5.68. The van der Waals surface area contributed by atoms with Crippen LogP contribution in [0.15, 0.2) is 56.5 Å². The summed E-state index contributed by atoms with van der Waals surface area (Å²) in [6, 6.07) is 13.5. The molecule has 2 heterocycles. The average molecular weight is 554 g/mol. The van der Waals surface area contributed by atoms with Crippen LogP contribution in [0.25, 0.3) is 11.0 Å². The molecule has 1 aromatic heterocycles. The molecule has 0 atom stereocenters. The van der Waals surface area contributed by atoms with Gasteiger partial charge in [0.15, 0.2) is 5.76 Å². The first-order valence-corrected chi connectivity index (χ1v) is 10.6. The highest BCUT2D eigenvalue weighted by atomic mass is 127. The number of hydrogen-bond donors (Lipinski definition) is 1. The molecule has 1 N–H and O–H groups in total. The van der Waals surface area contributed by atoms with Gasteiger partial charge >= 0.3 is 5.91 Å². The number of carbonyl (C=O) groups excluding carboxylic acids is 1. The van der Waals surface area contributed by atoms with E-state index in [1.807, 2.05) is 36.4 Å². The number of nitrogens with one attached hydrogen (secondary N) is 1. The topological polar surface area (TPSA) is 67.1 Å². The summed E-state index contributed by atoms with van der Waals surface area (Å²) in [4.78, 5) is 14.7. The number of furan rings is 1. The van der Waals surface area contributed by atoms with Gasteiger partial charge in [-0.3, -0.25) is 4.79 Å². The molecule has 0 spiro atoms. The van der Waals surface area contributed by atoms with E-state index in [9.17, 15) is 4.79 Å². The first kappa shape index (κ1) is 19.4. The fourth-order valence-corrected chi connectivity index (χ4v) is 4.75. The molecule has 1 aliphatic heterocycles. The lowest BCUT2D eigenvalue weighted by Gasteiger charge is -2.29. The van der Waals surface area contributed by atoms with Crippen LogP contribution in [0.4, 0.5) is 5.69 Å². The second-order valence-corrected chi connectivity index (χ2v) is 8.35. The van der Waals surface area contributed by atoms with Gasteiger partial charge in [-0.1, -0.05) is 34.1 Å². The van der Waals surface area contributed by atoms with Gasteiger partial charge in [-0.15, -0.1) is 0 Å². The Kier molecular flexibility index (Phi) is 5.98. The number of ether oxygens (including phenoxy) is 1. The third-order valence-electron chi connectivity index (χ3n) is 4.42. The van der Waals surface area contributed by atoms with E-state index >= 15 is 0 Å². The van der Waals surface area contributed by atoms with E-state index in [4.69, 9.17) is 9.15 Å². The van der Waals surface area contributed by atoms with Crippen LogP contribution in [0.1, 0.15) is 16.1 Å². The number of hydrogen-bond acceptors (Lipinski definition) is 5. The van der Waals surface area contributed by atoms with Gasteiger partial charge in [0, 0.05) is 34.2 Å². The van der Waals surface area contributed by atoms with Gasteiger partial charge in [0.1, 0.15) is 5.58 Å². The Hall–Kier alpha value is -1.91. The Morgan fingerprint density at radius 3 is 2.82 bits per heavy atom. The Bertz CT molecular complexity index is 1040. The standard InChI is InChI=1S/C20H17BrIN3O3/c21-15-9-14-10-18(28-19(14)16(22)11-15)20(26)24-23-12-13-3-1-2-4-17(13)25-5-7-27-8-6-25/h1-4,9-12H,5-8H2,(H,24,26)/b23-12+. The first-order chi connectivity index (χ1) is 13.6. The Balaban J connectivity index is 1.49. The number of morpholine rings is 1. The molecule has 6 nitrogen and oxygen atoms in total. The fraction of sp³-hybridized carbons (Fsp3) is 0.200. The van der Waals surface area contributed by atoms with E-state index in [0.717, 1.165) is 37.8 Å². The van der Waals surface area contributed by atoms with Crippen molar-refractivity contribution in [3.8, 4) is 0 Å². The van der Waals surface area contributed by atoms with Crippen molar-refractivity contribution < 1.29 is 13.9 Å². The monoisotopic (exact) mass is 553 g/mol. The zero-order valence-corrected chi connectivity index (χ0v) is 18.6. The predicted octanol–water partition coefficient (Wildman–Crippen LogP) is 4.40. The molecule has 0 radical (unpaired) electrons. The van der Waals surface area contributed by atoms with Crippen molar-refractivity contribution in [1.29, 1.82) is 0 Å². The van der Waals surface area contributed by atoms with Gasteiger partial charge in [-0.05, 0) is 46.9 Å². The smallest absolute Gasteiger partial charge is 0.307 e. The number of hydrazone groups is 1. The Labute approximate surface area is 184 Å². The molecule has 28 heavy (non-hydrogen) atoms. The highest BCUT2D eigenvalue weighted by Gasteiger charge is 2.15. The summed E-state index contributed by atoms with van der Waals surface area (Å²) in [6.45, 7) is 3.10. The second-order valence-electron chi connectivity index (χ2n) is 6.27. The zero-order valence-electron chi connectivity index (χ0n) is 14.8. The summed E-state index contributed by atoms with van der Waals surface area (Å²) in [6.07, 6.45) is 1.66. The normalized spacial score (nSPS) is 14.7. The summed E-state index contributed by atoms with van der Waals surface area (Å²) in [5.74, 6) is -0.159. The molecule has 1 saturated heterocycles. The number of nitrogens with zero attached hydrogens (tertiary/aromatic N) is 2. The van der Waals surface area contributed by atoms with Crippen LogP contribution in [0.5, 0.6) is 0 Å². The summed E-state index contributed by atoms with van der Waals surface area (Å²) < 4.78 is 13.0. The van der Waals surface area contributed by atoms with Gasteiger partial charge in [0.25, 0.3) is 0 Å². The lowest BCUT2D eigenvalue weighted by Crippen LogP contribution is -2.36. The van der Waals surface area contributed by atoms with Crippen LogP contribution >= 0.6 is 38.5 Å². The van der Waals surface area contributed by atoms with Crippen molar-refractivity contribution in [3.05, 3.63) is 61.8 Å². The number of fused-ring (bicyclic) bond motifs is 1. The number of benzene rings is 2. The molecule has 0 saturated carbocycles.